The van der Waals surface area contributed by atoms with E-state index in [1.165, 1.54) is 23.7 Å². The van der Waals surface area contributed by atoms with Gasteiger partial charge in [0.1, 0.15) is 0 Å². The predicted molar refractivity (Wildman–Crippen MR) is 64.5 cm³/mol. The molecule has 0 atom stereocenters. The molecule has 79 valence electrons. The molecule has 0 saturated heterocycles. The molecule has 0 aromatic rings. The number of allylic oxidation sites excluding steroid dienone is 4. The second-order valence-corrected chi connectivity index (χ2v) is 11.0. The van der Waals surface area contributed by atoms with E-state index in [0.717, 1.165) is 0 Å². The van der Waals surface area contributed by atoms with Gasteiger partial charge in [-0.1, -0.05) is 38.2 Å². The summed E-state index contributed by atoms with van der Waals surface area (Å²) in [5.74, 6) is 5.56. The average Bonchev–Trinajstić information content (AvgIpc) is 2.43. The van der Waals surface area contributed by atoms with Gasteiger partial charge in [0.15, 0.2) is 0 Å². The van der Waals surface area contributed by atoms with Crippen LogP contribution in [-0.2, 0) is 14.7 Å². The third-order valence-corrected chi connectivity index (χ3v) is 2.21. The molecule has 0 N–H and O–H groups in total. The van der Waals surface area contributed by atoms with Crippen molar-refractivity contribution in [3.63, 3.8) is 0 Å². The van der Waals surface area contributed by atoms with Gasteiger partial charge in [0.05, 0.1) is 0 Å². The van der Waals surface area contributed by atoms with Gasteiger partial charge in [0.25, 0.3) is 0 Å². The van der Waals surface area contributed by atoms with Crippen molar-refractivity contribution in [2.45, 2.75) is 13.8 Å². The molecular formula is C11H11Cl3Ti+. The second kappa shape index (κ2) is 6.72. The Bertz CT molecular complexity index is 225. The number of hydrogen-bond donors (Lipinski definition) is 0. The first-order valence-corrected chi connectivity index (χ1v) is 10.9. The van der Waals surface area contributed by atoms with Gasteiger partial charge >= 0.3 is 42.6 Å². The summed E-state index contributed by atoms with van der Waals surface area (Å²) in [6.07, 6.45) is 10.8. The second-order valence-electron chi connectivity index (χ2n) is 3.27. The summed E-state index contributed by atoms with van der Waals surface area (Å²) in [5.41, 5.74) is 0. The molecule has 1 fully saturated rings. The number of rotatable bonds is 0. The van der Waals surface area contributed by atoms with Gasteiger partial charge in [0.2, 0.25) is 0 Å². The Labute approximate surface area is 110 Å². The summed E-state index contributed by atoms with van der Waals surface area (Å²) in [5, 5.41) is 0. The molecule has 0 nitrogen and oxygen atoms in total. The Hall–Kier alpha value is 1.06. The fourth-order valence-electron chi connectivity index (χ4n) is 1.65. The van der Waals surface area contributed by atoms with Crippen molar-refractivity contribution in [1.29, 1.82) is 0 Å². The van der Waals surface area contributed by atoms with Gasteiger partial charge in [-0.2, -0.15) is 0 Å². The number of halogens is 3. The summed E-state index contributed by atoms with van der Waals surface area (Å²) in [7, 11) is 14.9. The quantitative estimate of drug-likeness (QED) is 0.567. The van der Waals surface area contributed by atoms with Crippen LogP contribution in [0.25, 0.3) is 0 Å². The summed E-state index contributed by atoms with van der Waals surface area (Å²) >= 11 is -1.92. The van der Waals surface area contributed by atoms with E-state index in [1.807, 2.05) is 0 Å². The molecule has 2 aliphatic carbocycles. The molecule has 0 spiro atoms. The molecule has 5 radical (unpaired) electrons. The Balaban J connectivity index is 0.000000245. The topological polar surface area (TPSA) is 0 Å². The van der Waals surface area contributed by atoms with E-state index in [9.17, 15) is 0 Å². The van der Waals surface area contributed by atoms with Crippen molar-refractivity contribution in [3.05, 3.63) is 54.4 Å². The fourth-order valence-corrected chi connectivity index (χ4v) is 1.65. The SMILES string of the molecule is C[C]1[CH][C](C)[C]2C=CC=C[C]12.[Cl][Ti+]([Cl])[Cl]. The maximum atomic E-state index is 4.97. The van der Waals surface area contributed by atoms with Crippen LogP contribution in [0, 0.1) is 30.1 Å². The van der Waals surface area contributed by atoms with Crippen LogP contribution in [-0.4, -0.2) is 0 Å². The van der Waals surface area contributed by atoms with Crippen molar-refractivity contribution in [2.24, 2.45) is 0 Å². The van der Waals surface area contributed by atoms with Crippen LogP contribution < -0.4 is 0 Å². The van der Waals surface area contributed by atoms with Crippen LogP contribution >= 0.6 is 27.9 Å². The molecular weight excluding hydrogens is 286 g/mol. The van der Waals surface area contributed by atoms with Crippen LogP contribution in [0.3, 0.4) is 0 Å². The normalized spacial score (nSPS) is 22.5. The molecule has 4 heteroatoms. The van der Waals surface area contributed by atoms with Crippen molar-refractivity contribution >= 4 is 27.9 Å². The summed E-state index contributed by atoms with van der Waals surface area (Å²) in [4.78, 5) is 0. The van der Waals surface area contributed by atoms with Gasteiger partial charge in [-0.25, -0.2) is 0 Å². The van der Waals surface area contributed by atoms with E-state index in [4.69, 9.17) is 27.9 Å². The van der Waals surface area contributed by atoms with E-state index < -0.39 is 14.7 Å². The van der Waals surface area contributed by atoms with Gasteiger partial charge in [-0.3, -0.25) is 0 Å². The minimum atomic E-state index is -1.92. The Morgan fingerprint density at radius 1 is 0.867 bits per heavy atom. The molecule has 2 rings (SSSR count). The molecule has 2 aliphatic rings. The number of hydrogen-bond acceptors (Lipinski definition) is 0. The third-order valence-electron chi connectivity index (χ3n) is 2.21. The van der Waals surface area contributed by atoms with Crippen molar-refractivity contribution in [3.8, 4) is 0 Å². The molecule has 0 aliphatic heterocycles. The summed E-state index contributed by atoms with van der Waals surface area (Å²) in [6.45, 7) is 4.32. The average molecular weight is 297 g/mol. The number of fused-ring (bicyclic) bond motifs is 1. The molecule has 0 aromatic carbocycles. The first-order chi connectivity index (χ1) is 7.02. The van der Waals surface area contributed by atoms with Crippen LogP contribution in [0.2, 0.25) is 0 Å². The van der Waals surface area contributed by atoms with E-state index >= 15 is 0 Å². The molecule has 0 bridgehead atoms. The zero-order valence-corrected chi connectivity index (χ0v) is 12.3. The van der Waals surface area contributed by atoms with Gasteiger partial charge < -0.3 is 0 Å². The minimum absolute atomic E-state index is 1.39. The Morgan fingerprint density at radius 3 is 1.53 bits per heavy atom. The molecule has 0 aromatic heterocycles. The molecule has 0 unspecified atom stereocenters. The van der Waals surface area contributed by atoms with Crippen LogP contribution in [0.1, 0.15) is 13.8 Å². The van der Waals surface area contributed by atoms with Crippen molar-refractivity contribution in [2.75, 3.05) is 0 Å². The van der Waals surface area contributed by atoms with E-state index in [1.54, 1.807) is 0 Å². The standard InChI is InChI=1S/C11H11.3ClH.Ti/c1-8-7-9(2)11-6-4-3-5-10(8)11;;;;/h3-7H,1-2H3;3*1H;/q;;;;+4/p-3. The first-order valence-electron chi connectivity index (χ1n) is 4.47. The summed E-state index contributed by atoms with van der Waals surface area (Å²) < 4.78 is 0. The molecule has 1 saturated carbocycles. The zero-order valence-electron chi connectivity index (χ0n) is 8.52. The summed E-state index contributed by atoms with van der Waals surface area (Å²) in [6, 6.07) is 0. The molecule has 0 heterocycles. The van der Waals surface area contributed by atoms with Gasteiger partial charge in [0, 0.05) is 11.8 Å². The van der Waals surface area contributed by atoms with E-state index in [2.05, 4.69) is 44.6 Å². The predicted octanol–water partition coefficient (Wildman–Crippen LogP) is 4.73. The van der Waals surface area contributed by atoms with Crippen molar-refractivity contribution in [1.82, 2.24) is 0 Å². The zero-order chi connectivity index (χ0) is 11.4. The van der Waals surface area contributed by atoms with Crippen molar-refractivity contribution < 1.29 is 14.7 Å². The van der Waals surface area contributed by atoms with Gasteiger partial charge in [-0.05, 0) is 18.3 Å². The Kier molecular flexibility index (Phi) is 6.32. The fraction of sp³-hybridized carbons (Fsp3) is 0.182. The van der Waals surface area contributed by atoms with Crippen LogP contribution in [0.5, 0.6) is 0 Å². The maximum absolute atomic E-state index is 4.97. The first kappa shape index (κ1) is 14.1. The van der Waals surface area contributed by atoms with Crippen LogP contribution in [0.4, 0.5) is 0 Å². The van der Waals surface area contributed by atoms with E-state index in [-0.39, 0.29) is 0 Å². The third kappa shape index (κ3) is 4.44. The molecule has 15 heavy (non-hydrogen) atoms. The van der Waals surface area contributed by atoms with Crippen LogP contribution in [0.15, 0.2) is 24.3 Å². The monoisotopic (exact) mass is 296 g/mol. The Morgan fingerprint density at radius 2 is 1.20 bits per heavy atom. The van der Waals surface area contributed by atoms with Gasteiger partial charge in [-0.15, -0.1) is 0 Å². The van der Waals surface area contributed by atoms with E-state index in [0.29, 0.717) is 0 Å². The molecule has 0 amide bonds.